The Morgan fingerprint density at radius 1 is 1.20 bits per heavy atom. The van der Waals surface area contributed by atoms with Crippen molar-refractivity contribution in [2.45, 2.75) is 45.4 Å². The number of benzene rings is 2. The van der Waals surface area contributed by atoms with Gasteiger partial charge in [0.25, 0.3) is 5.91 Å². The molecule has 188 valence electrons. The summed E-state index contributed by atoms with van der Waals surface area (Å²) in [4.78, 5) is 26.3. The van der Waals surface area contributed by atoms with E-state index in [2.05, 4.69) is 10.1 Å². The maximum absolute atomic E-state index is 15.5. The number of hydrogen-bond acceptors (Lipinski definition) is 5. The minimum absolute atomic E-state index is 0.0543. The first-order valence-electron chi connectivity index (χ1n) is 10.8. The van der Waals surface area contributed by atoms with Crippen LogP contribution in [0.2, 0.25) is 0 Å². The number of carbonyl (C=O) groups is 1. The second-order valence-corrected chi connectivity index (χ2v) is 11.3. The summed E-state index contributed by atoms with van der Waals surface area (Å²) in [6.07, 6.45) is 0.232. The number of halogens is 3. The molecule has 1 aliphatic rings. The average Bonchev–Trinajstić information content (AvgIpc) is 3.19. The van der Waals surface area contributed by atoms with Crippen molar-refractivity contribution in [1.82, 2.24) is 14.5 Å². The van der Waals surface area contributed by atoms with Crippen LogP contribution in [-0.2, 0) is 9.84 Å². The molecule has 8 nitrogen and oxygen atoms in total. The van der Waals surface area contributed by atoms with E-state index in [1.807, 2.05) is 0 Å². The molecule has 2 heterocycles. The molecular formula is C23H24F3N3O5S. The van der Waals surface area contributed by atoms with Crippen molar-refractivity contribution in [3.63, 3.8) is 0 Å². The summed E-state index contributed by atoms with van der Waals surface area (Å²) in [5.74, 6) is -2.03. The van der Waals surface area contributed by atoms with E-state index in [1.165, 1.54) is 34.9 Å². The zero-order valence-electron chi connectivity index (χ0n) is 19.2. The Balaban J connectivity index is 1.83. The molecule has 1 aromatic heterocycles. The molecule has 1 aliphatic heterocycles. The number of imidazole rings is 1. The number of nitrogens with one attached hydrogen (secondary N) is 1. The van der Waals surface area contributed by atoms with Gasteiger partial charge in [0.1, 0.15) is 17.1 Å². The van der Waals surface area contributed by atoms with Gasteiger partial charge in [-0.2, -0.15) is 8.78 Å². The number of aromatic nitrogens is 2. The summed E-state index contributed by atoms with van der Waals surface area (Å²) in [7, 11) is -3.28. The first kappa shape index (κ1) is 24.8. The van der Waals surface area contributed by atoms with Crippen molar-refractivity contribution in [2.24, 2.45) is 0 Å². The van der Waals surface area contributed by atoms with Crippen molar-refractivity contribution in [3.05, 3.63) is 58.3 Å². The van der Waals surface area contributed by atoms with Crippen LogP contribution in [0.25, 0.3) is 16.7 Å². The van der Waals surface area contributed by atoms with Gasteiger partial charge in [-0.3, -0.25) is 13.9 Å². The summed E-state index contributed by atoms with van der Waals surface area (Å²) >= 11 is 0. The second kappa shape index (κ2) is 8.74. The Hall–Kier alpha value is -3.28. The largest absolute Gasteiger partial charge is 0.435 e. The van der Waals surface area contributed by atoms with Crippen LogP contribution in [0.1, 0.15) is 43.6 Å². The fraction of sp³-hybridized carbons (Fsp3) is 0.391. The second-order valence-electron chi connectivity index (χ2n) is 9.14. The van der Waals surface area contributed by atoms with Gasteiger partial charge >= 0.3 is 12.3 Å². The minimum Gasteiger partial charge on any atom is -0.435 e. The molecule has 0 spiro atoms. The van der Waals surface area contributed by atoms with Gasteiger partial charge in [0.05, 0.1) is 28.2 Å². The monoisotopic (exact) mass is 511 g/mol. The van der Waals surface area contributed by atoms with E-state index in [0.29, 0.717) is 0 Å². The van der Waals surface area contributed by atoms with Gasteiger partial charge in [0.2, 0.25) is 0 Å². The highest BCUT2D eigenvalue weighted by atomic mass is 32.2. The van der Waals surface area contributed by atoms with Crippen LogP contribution < -0.4 is 15.7 Å². The lowest BCUT2D eigenvalue weighted by Crippen LogP contribution is -2.46. The highest BCUT2D eigenvalue weighted by molar-refractivity contribution is 7.91. The van der Waals surface area contributed by atoms with Crippen LogP contribution in [0.3, 0.4) is 0 Å². The van der Waals surface area contributed by atoms with E-state index in [4.69, 9.17) is 0 Å². The SMILES string of the molecule is CC(C)n1c(=O)n(-c2cccc(OC(F)F)c2)c2c(F)cc(C(=O)N[C@@]3(C)CCS(=O)(=O)C3)cc21. The molecule has 0 unspecified atom stereocenters. The number of alkyl halides is 2. The first-order chi connectivity index (χ1) is 16.3. The molecule has 0 bridgehead atoms. The Labute approximate surface area is 199 Å². The molecule has 0 radical (unpaired) electrons. The predicted molar refractivity (Wildman–Crippen MR) is 124 cm³/mol. The van der Waals surface area contributed by atoms with Gasteiger partial charge < -0.3 is 10.1 Å². The van der Waals surface area contributed by atoms with Gasteiger partial charge in [-0.25, -0.2) is 17.6 Å². The molecular weight excluding hydrogens is 487 g/mol. The van der Waals surface area contributed by atoms with Crippen LogP contribution in [0.5, 0.6) is 5.75 Å². The van der Waals surface area contributed by atoms with Gasteiger partial charge in [-0.05, 0) is 51.5 Å². The molecule has 12 heteroatoms. The fourth-order valence-electron chi connectivity index (χ4n) is 4.42. The number of carbonyl (C=O) groups excluding carboxylic acids is 1. The highest BCUT2D eigenvalue weighted by Crippen LogP contribution is 2.28. The van der Waals surface area contributed by atoms with E-state index in [1.54, 1.807) is 20.8 Å². The third-order valence-electron chi connectivity index (χ3n) is 5.92. The van der Waals surface area contributed by atoms with E-state index < -0.39 is 45.4 Å². The quantitative estimate of drug-likeness (QED) is 0.547. The van der Waals surface area contributed by atoms with Gasteiger partial charge in [-0.15, -0.1) is 0 Å². The number of hydrogen-bond donors (Lipinski definition) is 1. The maximum atomic E-state index is 15.5. The number of fused-ring (bicyclic) bond motifs is 1. The average molecular weight is 512 g/mol. The Bertz CT molecular complexity index is 1480. The minimum atomic E-state index is -3.28. The van der Waals surface area contributed by atoms with Crippen LogP contribution in [0.4, 0.5) is 13.2 Å². The van der Waals surface area contributed by atoms with Crippen molar-refractivity contribution < 1.29 is 31.1 Å². The number of sulfone groups is 1. The van der Waals surface area contributed by atoms with Gasteiger partial charge in [0, 0.05) is 17.7 Å². The van der Waals surface area contributed by atoms with Gasteiger partial charge in [-0.1, -0.05) is 6.07 Å². The lowest BCUT2D eigenvalue weighted by Gasteiger charge is -2.24. The topological polar surface area (TPSA) is 99.4 Å². The normalized spacial score (nSPS) is 19.5. The van der Waals surface area contributed by atoms with Crippen molar-refractivity contribution in [3.8, 4) is 11.4 Å². The fourth-order valence-corrected chi connectivity index (χ4v) is 6.51. The Morgan fingerprint density at radius 3 is 2.51 bits per heavy atom. The molecule has 1 amide bonds. The standard InChI is InChI=1S/C23H24F3N3O5S/c1-13(2)28-18-10-14(20(30)27-23(3)7-8-35(32,33)12-23)9-17(24)19(18)29(22(28)31)15-5-4-6-16(11-15)34-21(25)26/h4-6,9-11,13,21H,7-8,12H2,1-3H3,(H,27,30)/t23-/m0/s1. The summed E-state index contributed by atoms with van der Waals surface area (Å²) in [6.45, 7) is 1.94. The van der Waals surface area contributed by atoms with E-state index >= 15 is 4.39 Å². The Morgan fingerprint density at radius 2 is 1.91 bits per heavy atom. The Kier molecular flexibility index (Phi) is 6.20. The molecule has 0 aliphatic carbocycles. The molecule has 2 aromatic carbocycles. The number of ether oxygens (including phenoxy) is 1. The zero-order valence-corrected chi connectivity index (χ0v) is 20.0. The lowest BCUT2D eigenvalue weighted by molar-refractivity contribution is -0.0498. The molecule has 35 heavy (non-hydrogen) atoms. The van der Waals surface area contributed by atoms with Crippen molar-refractivity contribution >= 4 is 26.8 Å². The van der Waals surface area contributed by atoms with Crippen LogP contribution in [0.15, 0.2) is 41.2 Å². The van der Waals surface area contributed by atoms with Crippen molar-refractivity contribution in [2.75, 3.05) is 11.5 Å². The molecule has 4 rings (SSSR count). The van der Waals surface area contributed by atoms with Crippen LogP contribution in [0, 0.1) is 5.82 Å². The summed E-state index contributed by atoms with van der Waals surface area (Å²) in [6, 6.07) is 7.22. The first-order valence-corrected chi connectivity index (χ1v) is 12.7. The summed E-state index contributed by atoms with van der Waals surface area (Å²) in [5, 5.41) is 2.68. The predicted octanol–water partition coefficient (Wildman–Crippen LogP) is 3.42. The lowest BCUT2D eigenvalue weighted by atomic mass is 10.0. The summed E-state index contributed by atoms with van der Waals surface area (Å²) in [5.41, 5.74) is -1.60. The molecule has 1 fully saturated rings. The maximum Gasteiger partial charge on any atom is 0.387 e. The third kappa shape index (κ3) is 4.79. The van der Waals surface area contributed by atoms with Crippen LogP contribution >= 0.6 is 0 Å². The van der Waals surface area contributed by atoms with Crippen molar-refractivity contribution in [1.29, 1.82) is 0 Å². The smallest absolute Gasteiger partial charge is 0.387 e. The zero-order chi connectivity index (χ0) is 25.7. The van der Waals surface area contributed by atoms with Crippen LogP contribution in [-0.4, -0.2) is 47.1 Å². The van der Waals surface area contributed by atoms with E-state index in [9.17, 15) is 26.8 Å². The molecule has 1 N–H and O–H groups in total. The number of amides is 1. The number of nitrogens with zero attached hydrogens (tertiary/aromatic N) is 2. The molecule has 3 aromatic rings. The molecule has 0 saturated carbocycles. The molecule has 1 saturated heterocycles. The number of rotatable bonds is 6. The van der Waals surface area contributed by atoms with Gasteiger partial charge in [0.15, 0.2) is 9.84 Å². The highest BCUT2D eigenvalue weighted by Gasteiger charge is 2.39. The third-order valence-corrected chi connectivity index (χ3v) is 7.83. The van der Waals surface area contributed by atoms with E-state index in [-0.39, 0.29) is 46.0 Å². The summed E-state index contributed by atoms with van der Waals surface area (Å²) < 4.78 is 71.3. The van der Waals surface area contributed by atoms with E-state index in [0.717, 1.165) is 10.6 Å². The molecule has 1 atom stereocenters.